The first kappa shape index (κ1) is 20.9. The molecule has 144 valence electrons. The zero-order chi connectivity index (χ0) is 19.8. The molecule has 10 heteroatoms. The number of thiocarbonyl (C=S) groups is 1. The Morgan fingerprint density at radius 3 is 2.56 bits per heavy atom. The van der Waals surface area contributed by atoms with E-state index in [2.05, 4.69) is 30.9 Å². The van der Waals surface area contributed by atoms with Crippen molar-refractivity contribution in [1.29, 1.82) is 0 Å². The van der Waals surface area contributed by atoms with Gasteiger partial charge in [0.05, 0.1) is 18.2 Å². The molecule has 1 aromatic heterocycles. The highest BCUT2D eigenvalue weighted by Gasteiger charge is 2.08. The van der Waals surface area contributed by atoms with Crippen molar-refractivity contribution in [2.45, 2.75) is 13.8 Å². The number of benzene rings is 1. The Morgan fingerprint density at radius 2 is 1.93 bits per heavy atom. The number of guanidine groups is 1. The van der Waals surface area contributed by atoms with Gasteiger partial charge in [-0.05, 0) is 50.3 Å². The van der Waals surface area contributed by atoms with Gasteiger partial charge >= 0.3 is 0 Å². The molecule has 0 atom stereocenters. The zero-order valence-corrected chi connectivity index (χ0v) is 16.7. The van der Waals surface area contributed by atoms with Gasteiger partial charge in [-0.3, -0.25) is 10.3 Å². The monoisotopic (exact) mass is 410 g/mol. The first-order chi connectivity index (χ1) is 12.9. The Bertz CT molecular complexity index is 828. The number of aryl methyl sites for hydroxylation is 2. The minimum atomic E-state index is -0.503. The number of rotatable bonds is 5. The van der Waals surface area contributed by atoms with Crippen LogP contribution in [0.25, 0.3) is 0 Å². The van der Waals surface area contributed by atoms with Crippen molar-refractivity contribution in [1.82, 2.24) is 15.3 Å². The molecule has 7 nitrogen and oxygen atoms in total. The van der Waals surface area contributed by atoms with E-state index in [9.17, 15) is 4.39 Å². The maximum Gasteiger partial charge on any atom is 0.229 e. The third kappa shape index (κ3) is 7.05. The molecule has 0 amide bonds. The van der Waals surface area contributed by atoms with Gasteiger partial charge in [-0.1, -0.05) is 11.6 Å². The molecule has 0 fully saturated rings. The number of anilines is 2. The lowest BCUT2D eigenvalue weighted by molar-refractivity contribution is 0.208. The minimum absolute atomic E-state index is 0.00135. The number of nitrogens with zero attached hydrogens (tertiary/aromatic N) is 3. The van der Waals surface area contributed by atoms with Crippen molar-refractivity contribution in [3.05, 3.63) is 46.5 Å². The van der Waals surface area contributed by atoms with E-state index in [4.69, 9.17) is 28.6 Å². The maximum atomic E-state index is 13.3. The summed E-state index contributed by atoms with van der Waals surface area (Å²) < 4.78 is 18.3. The first-order valence-electron chi connectivity index (χ1n) is 8.03. The standard InChI is InChI=1S/C17H20ClFN6OS/c1-10-8-11(2)22-16(21-10)24-15(20-6-7-26-3)25-17(27)23-12-4-5-14(19)13(18)9-12/h4-5,8-9H,6-7H2,1-3H3,(H3,20,21,22,23,24,25,27). The largest absolute Gasteiger partial charge is 0.383 e. The quantitative estimate of drug-likeness (QED) is 0.302. The Balaban J connectivity index is 2.09. The molecule has 0 bridgehead atoms. The molecule has 0 radical (unpaired) electrons. The van der Waals surface area contributed by atoms with Crippen LogP contribution in [-0.2, 0) is 4.74 Å². The summed E-state index contributed by atoms with van der Waals surface area (Å²) in [6.07, 6.45) is 0. The summed E-state index contributed by atoms with van der Waals surface area (Å²) in [6, 6.07) is 6.08. The normalized spacial score (nSPS) is 11.2. The fourth-order valence-electron chi connectivity index (χ4n) is 2.09. The number of methoxy groups -OCH3 is 1. The Labute approximate surface area is 167 Å². The third-order valence-electron chi connectivity index (χ3n) is 3.19. The Kier molecular flexibility index (Phi) is 7.83. The smallest absolute Gasteiger partial charge is 0.229 e. The molecule has 3 N–H and O–H groups in total. The van der Waals surface area contributed by atoms with Crippen LogP contribution in [0.1, 0.15) is 11.4 Å². The van der Waals surface area contributed by atoms with Gasteiger partial charge in [-0.25, -0.2) is 14.4 Å². The number of ether oxygens (including phenoxy) is 1. The molecule has 0 unspecified atom stereocenters. The fraction of sp³-hybridized carbons (Fsp3) is 0.294. The van der Waals surface area contributed by atoms with E-state index in [1.807, 2.05) is 19.9 Å². The van der Waals surface area contributed by atoms with Crippen molar-refractivity contribution >= 4 is 46.5 Å². The van der Waals surface area contributed by atoms with Gasteiger partial charge in [-0.2, -0.15) is 0 Å². The van der Waals surface area contributed by atoms with Gasteiger partial charge in [0.1, 0.15) is 5.82 Å². The molecule has 0 saturated heterocycles. The summed E-state index contributed by atoms with van der Waals surface area (Å²) in [7, 11) is 1.59. The van der Waals surface area contributed by atoms with E-state index in [-0.39, 0.29) is 10.1 Å². The number of hydrogen-bond donors (Lipinski definition) is 3. The molecular weight excluding hydrogens is 391 g/mol. The van der Waals surface area contributed by atoms with E-state index >= 15 is 0 Å². The highest BCUT2D eigenvalue weighted by Crippen LogP contribution is 2.19. The number of aliphatic imine (C=N–C) groups is 1. The van der Waals surface area contributed by atoms with Crippen LogP contribution in [0, 0.1) is 19.7 Å². The van der Waals surface area contributed by atoms with Crippen LogP contribution in [0.5, 0.6) is 0 Å². The fourth-order valence-corrected chi connectivity index (χ4v) is 2.49. The van der Waals surface area contributed by atoms with Crippen LogP contribution in [0.15, 0.2) is 29.3 Å². The van der Waals surface area contributed by atoms with Crippen LogP contribution in [0.4, 0.5) is 16.0 Å². The van der Waals surface area contributed by atoms with Gasteiger partial charge in [0.25, 0.3) is 0 Å². The number of halogens is 2. The Hall–Kier alpha value is -2.36. The van der Waals surface area contributed by atoms with Crippen molar-refractivity contribution in [3.8, 4) is 0 Å². The van der Waals surface area contributed by atoms with Crippen LogP contribution in [0.2, 0.25) is 5.02 Å². The Morgan fingerprint density at radius 1 is 1.22 bits per heavy atom. The van der Waals surface area contributed by atoms with Gasteiger partial charge in [-0.15, -0.1) is 0 Å². The van der Waals surface area contributed by atoms with Gasteiger partial charge in [0.15, 0.2) is 5.11 Å². The van der Waals surface area contributed by atoms with Crippen LogP contribution < -0.4 is 16.0 Å². The van der Waals surface area contributed by atoms with Crippen LogP contribution in [0.3, 0.4) is 0 Å². The van der Waals surface area contributed by atoms with Crippen LogP contribution >= 0.6 is 23.8 Å². The van der Waals surface area contributed by atoms with Crippen molar-refractivity contribution < 1.29 is 9.13 Å². The SMILES string of the molecule is COCCN=C(NC(=S)Nc1ccc(F)c(Cl)c1)Nc1nc(C)cc(C)n1. The lowest BCUT2D eigenvalue weighted by Gasteiger charge is -2.14. The van der Waals surface area contributed by atoms with E-state index in [1.165, 1.54) is 18.2 Å². The first-order valence-corrected chi connectivity index (χ1v) is 8.81. The van der Waals surface area contributed by atoms with Crippen molar-refractivity contribution in [2.75, 3.05) is 30.9 Å². The third-order valence-corrected chi connectivity index (χ3v) is 3.68. The molecule has 0 aliphatic rings. The number of hydrogen-bond acceptors (Lipinski definition) is 5. The van der Waals surface area contributed by atoms with Crippen molar-refractivity contribution in [3.63, 3.8) is 0 Å². The van der Waals surface area contributed by atoms with Gasteiger partial charge in [0, 0.05) is 24.2 Å². The average Bonchev–Trinajstić information content (AvgIpc) is 2.57. The second-order valence-electron chi connectivity index (χ2n) is 5.53. The molecule has 0 aliphatic heterocycles. The molecule has 0 spiro atoms. The number of nitrogens with one attached hydrogen (secondary N) is 3. The highest BCUT2D eigenvalue weighted by molar-refractivity contribution is 7.80. The lowest BCUT2D eigenvalue weighted by Crippen LogP contribution is -2.39. The minimum Gasteiger partial charge on any atom is -0.383 e. The second kappa shape index (κ2) is 10.1. The molecule has 0 aliphatic carbocycles. The number of aromatic nitrogens is 2. The highest BCUT2D eigenvalue weighted by atomic mass is 35.5. The molecule has 1 aromatic carbocycles. The molecule has 1 heterocycles. The summed E-state index contributed by atoms with van der Waals surface area (Å²) in [5, 5.41) is 9.09. The summed E-state index contributed by atoms with van der Waals surface area (Å²) in [6.45, 7) is 4.59. The van der Waals surface area contributed by atoms with E-state index in [0.717, 1.165) is 11.4 Å². The summed E-state index contributed by atoms with van der Waals surface area (Å²) in [4.78, 5) is 13.0. The second-order valence-corrected chi connectivity index (χ2v) is 6.35. The predicted molar refractivity (Wildman–Crippen MR) is 110 cm³/mol. The van der Waals surface area contributed by atoms with Gasteiger partial charge in [0.2, 0.25) is 11.9 Å². The predicted octanol–water partition coefficient (Wildman–Crippen LogP) is 3.29. The molecule has 0 saturated carbocycles. The summed E-state index contributed by atoms with van der Waals surface area (Å²) in [5.41, 5.74) is 2.18. The molecular formula is C17H20ClFN6OS. The zero-order valence-electron chi connectivity index (χ0n) is 15.1. The summed E-state index contributed by atoms with van der Waals surface area (Å²) >= 11 is 11.1. The topological polar surface area (TPSA) is 83.5 Å². The van der Waals surface area contributed by atoms with E-state index in [1.54, 1.807) is 7.11 Å². The molecule has 2 rings (SSSR count). The average molecular weight is 411 g/mol. The van der Waals surface area contributed by atoms with E-state index < -0.39 is 5.82 Å². The lowest BCUT2D eigenvalue weighted by atomic mass is 10.3. The molecule has 2 aromatic rings. The van der Waals surface area contributed by atoms with Crippen molar-refractivity contribution in [2.24, 2.45) is 4.99 Å². The molecule has 27 heavy (non-hydrogen) atoms. The van der Waals surface area contributed by atoms with Gasteiger partial charge < -0.3 is 15.4 Å². The van der Waals surface area contributed by atoms with E-state index in [0.29, 0.717) is 30.7 Å². The maximum absolute atomic E-state index is 13.3. The van der Waals surface area contributed by atoms with Crippen LogP contribution in [-0.4, -0.2) is 41.3 Å². The summed E-state index contributed by atoms with van der Waals surface area (Å²) in [5.74, 6) is 0.239.